The van der Waals surface area contributed by atoms with Crippen LogP contribution in [0.5, 0.6) is 0 Å². The van der Waals surface area contributed by atoms with Gasteiger partial charge in [0.2, 0.25) is 0 Å². The second-order valence-electron chi connectivity index (χ2n) is 5.67. The van der Waals surface area contributed by atoms with E-state index in [9.17, 15) is 0 Å². The van der Waals surface area contributed by atoms with Crippen molar-refractivity contribution in [1.82, 2.24) is 0 Å². The quantitative estimate of drug-likeness (QED) is 0.603. The highest BCUT2D eigenvalue weighted by molar-refractivity contribution is 4.91. The summed E-state index contributed by atoms with van der Waals surface area (Å²) in [6, 6.07) is 0. The van der Waals surface area contributed by atoms with E-state index in [1.807, 2.05) is 0 Å². The van der Waals surface area contributed by atoms with Crippen LogP contribution in [-0.4, -0.2) is 0 Å². The number of hydrogen-bond acceptors (Lipinski definition) is 0. The molecule has 1 saturated carbocycles. The van der Waals surface area contributed by atoms with Crippen molar-refractivity contribution >= 4 is 0 Å². The summed E-state index contributed by atoms with van der Waals surface area (Å²) in [5.74, 6) is 2.84. The molecule has 0 saturated heterocycles. The molecule has 0 N–H and O–H groups in total. The molecule has 3 unspecified atom stereocenters. The van der Waals surface area contributed by atoms with Crippen molar-refractivity contribution in [1.29, 1.82) is 0 Å². The minimum absolute atomic E-state index is 0.592. The van der Waals surface area contributed by atoms with E-state index in [2.05, 4.69) is 34.6 Å². The van der Waals surface area contributed by atoms with Crippen molar-refractivity contribution in [3.8, 4) is 0 Å². The van der Waals surface area contributed by atoms with Gasteiger partial charge in [-0.15, -0.1) is 0 Å². The van der Waals surface area contributed by atoms with Crippen LogP contribution in [0.25, 0.3) is 0 Å². The van der Waals surface area contributed by atoms with Gasteiger partial charge in [0.05, 0.1) is 0 Å². The summed E-state index contributed by atoms with van der Waals surface area (Å²) in [6.45, 7) is 12.1. The first-order chi connectivity index (χ1) is 6.00. The average molecular weight is 182 g/mol. The Hall–Kier alpha value is 0. The fourth-order valence-corrected chi connectivity index (χ4v) is 3.21. The number of hydrogen-bond donors (Lipinski definition) is 0. The normalized spacial score (nSPS) is 34.8. The largest absolute Gasteiger partial charge is 0.0654 e. The molecule has 13 heavy (non-hydrogen) atoms. The topological polar surface area (TPSA) is 0 Å². The van der Waals surface area contributed by atoms with Crippen molar-refractivity contribution in [3.05, 3.63) is 0 Å². The second kappa shape index (κ2) is 4.02. The van der Waals surface area contributed by atoms with E-state index in [0.29, 0.717) is 5.41 Å². The molecule has 0 nitrogen and oxygen atoms in total. The monoisotopic (exact) mass is 182 g/mol. The molecular weight excluding hydrogens is 156 g/mol. The summed E-state index contributed by atoms with van der Waals surface area (Å²) in [5.41, 5.74) is 0.592. The smallest absolute Gasteiger partial charge is 0.0298 e. The number of rotatable bonds is 3. The van der Waals surface area contributed by atoms with Crippen LogP contribution >= 0.6 is 0 Å². The van der Waals surface area contributed by atoms with Gasteiger partial charge in [-0.2, -0.15) is 0 Å². The molecular formula is C13H26. The molecule has 78 valence electrons. The summed E-state index contributed by atoms with van der Waals surface area (Å²) in [6.07, 6.45) is 5.68. The molecule has 1 fully saturated rings. The van der Waals surface area contributed by atoms with Crippen LogP contribution in [0.4, 0.5) is 0 Å². The van der Waals surface area contributed by atoms with Crippen LogP contribution in [-0.2, 0) is 0 Å². The Morgan fingerprint density at radius 2 is 1.92 bits per heavy atom. The first-order valence-electron chi connectivity index (χ1n) is 6.00. The Morgan fingerprint density at radius 1 is 1.31 bits per heavy atom. The zero-order valence-electron chi connectivity index (χ0n) is 10.1. The highest BCUT2D eigenvalue weighted by Crippen LogP contribution is 2.51. The predicted octanol–water partition coefficient (Wildman–Crippen LogP) is 4.49. The van der Waals surface area contributed by atoms with E-state index in [4.69, 9.17) is 0 Å². The molecule has 0 heteroatoms. The van der Waals surface area contributed by atoms with Crippen LogP contribution < -0.4 is 0 Å². The van der Waals surface area contributed by atoms with E-state index >= 15 is 0 Å². The summed E-state index contributed by atoms with van der Waals surface area (Å²) in [5, 5.41) is 0. The maximum absolute atomic E-state index is 2.47. The predicted molar refractivity (Wildman–Crippen MR) is 59.7 cm³/mol. The fraction of sp³-hybridized carbons (Fsp3) is 1.00. The van der Waals surface area contributed by atoms with Crippen LogP contribution in [0.1, 0.15) is 60.3 Å². The maximum atomic E-state index is 2.47. The lowest BCUT2D eigenvalue weighted by Crippen LogP contribution is -2.28. The van der Waals surface area contributed by atoms with Crippen molar-refractivity contribution < 1.29 is 0 Å². The molecule has 1 aliphatic carbocycles. The Labute approximate surface area is 84.1 Å². The lowest BCUT2D eigenvalue weighted by Gasteiger charge is -2.35. The van der Waals surface area contributed by atoms with Gasteiger partial charge >= 0.3 is 0 Å². The Kier molecular flexibility index (Phi) is 3.43. The summed E-state index contributed by atoms with van der Waals surface area (Å²) >= 11 is 0. The summed E-state index contributed by atoms with van der Waals surface area (Å²) in [7, 11) is 0. The Morgan fingerprint density at radius 3 is 2.31 bits per heavy atom. The molecule has 0 amide bonds. The minimum Gasteiger partial charge on any atom is -0.0654 e. The molecule has 0 heterocycles. The Bertz CT molecular complexity index is 157. The van der Waals surface area contributed by atoms with Crippen molar-refractivity contribution in [2.45, 2.75) is 60.3 Å². The van der Waals surface area contributed by atoms with E-state index in [1.165, 1.54) is 25.7 Å². The van der Waals surface area contributed by atoms with Gasteiger partial charge in [-0.05, 0) is 36.0 Å². The second-order valence-corrected chi connectivity index (χ2v) is 5.67. The molecule has 0 aromatic rings. The molecule has 0 spiro atoms. The van der Waals surface area contributed by atoms with Crippen molar-refractivity contribution in [3.63, 3.8) is 0 Å². The molecule has 0 bridgehead atoms. The van der Waals surface area contributed by atoms with Crippen LogP contribution in [0.15, 0.2) is 0 Å². The lowest BCUT2D eigenvalue weighted by atomic mass is 9.70. The average Bonchev–Trinajstić information content (AvgIpc) is 2.28. The van der Waals surface area contributed by atoms with Crippen molar-refractivity contribution in [2.75, 3.05) is 0 Å². The molecule has 1 aliphatic rings. The van der Waals surface area contributed by atoms with Gasteiger partial charge in [-0.25, -0.2) is 0 Å². The zero-order chi connectivity index (χ0) is 10.1. The van der Waals surface area contributed by atoms with Gasteiger partial charge in [0.1, 0.15) is 0 Å². The highest BCUT2D eigenvalue weighted by Gasteiger charge is 2.42. The van der Waals surface area contributed by atoms with Gasteiger partial charge in [-0.1, -0.05) is 47.5 Å². The van der Waals surface area contributed by atoms with Gasteiger partial charge in [0, 0.05) is 0 Å². The van der Waals surface area contributed by atoms with Crippen LogP contribution in [0, 0.1) is 23.2 Å². The molecule has 0 aromatic carbocycles. The maximum Gasteiger partial charge on any atom is -0.0298 e. The van der Waals surface area contributed by atoms with Gasteiger partial charge < -0.3 is 0 Å². The van der Waals surface area contributed by atoms with Crippen LogP contribution in [0.3, 0.4) is 0 Å². The van der Waals surface area contributed by atoms with E-state index < -0.39 is 0 Å². The third kappa shape index (κ3) is 2.08. The third-order valence-corrected chi connectivity index (χ3v) is 4.57. The summed E-state index contributed by atoms with van der Waals surface area (Å²) < 4.78 is 0. The summed E-state index contributed by atoms with van der Waals surface area (Å²) in [4.78, 5) is 0. The first kappa shape index (κ1) is 11.1. The van der Waals surface area contributed by atoms with Gasteiger partial charge in [-0.3, -0.25) is 0 Å². The molecule has 0 aliphatic heterocycles. The van der Waals surface area contributed by atoms with E-state index in [-0.39, 0.29) is 0 Å². The molecule has 0 radical (unpaired) electrons. The lowest BCUT2D eigenvalue weighted by molar-refractivity contribution is 0.140. The van der Waals surface area contributed by atoms with Gasteiger partial charge in [0.15, 0.2) is 0 Å². The fourth-order valence-electron chi connectivity index (χ4n) is 3.21. The van der Waals surface area contributed by atoms with Gasteiger partial charge in [0.25, 0.3) is 0 Å². The highest BCUT2D eigenvalue weighted by atomic mass is 14.5. The standard InChI is InChI=1S/C13H26/c1-6-7-10(2)12-9-8-11(3)13(12,4)5/h10-12H,6-9H2,1-5H3. The molecule has 0 aromatic heterocycles. The SMILES string of the molecule is CCCC(C)C1CCC(C)C1(C)C. The molecule has 1 rings (SSSR count). The third-order valence-electron chi connectivity index (χ3n) is 4.57. The van der Waals surface area contributed by atoms with E-state index in [1.54, 1.807) is 0 Å². The Balaban J connectivity index is 2.60. The zero-order valence-corrected chi connectivity index (χ0v) is 10.1. The van der Waals surface area contributed by atoms with E-state index in [0.717, 1.165) is 17.8 Å². The molecule has 3 atom stereocenters. The minimum atomic E-state index is 0.592. The van der Waals surface area contributed by atoms with Crippen LogP contribution in [0.2, 0.25) is 0 Å². The first-order valence-corrected chi connectivity index (χ1v) is 6.00. The van der Waals surface area contributed by atoms with Crippen molar-refractivity contribution in [2.24, 2.45) is 23.2 Å².